The highest BCUT2D eigenvalue weighted by Gasteiger charge is 2.28. The second-order valence-electron chi connectivity index (χ2n) is 6.68. The fraction of sp³-hybridized carbons (Fsp3) is 0.706. The summed E-state index contributed by atoms with van der Waals surface area (Å²) in [6.07, 6.45) is 0.0660. The molecule has 5 atom stereocenters. The maximum Gasteiger partial charge on any atom is 0.305 e. The second kappa shape index (κ2) is 16.1. The Kier molecular flexibility index (Phi) is 15.4. The van der Waals surface area contributed by atoms with E-state index in [2.05, 4.69) is 20.7 Å². The molecule has 184 valence electrons. The summed E-state index contributed by atoms with van der Waals surface area (Å²) in [6, 6.07) is -3.76. The van der Waals surface area contributed by atoms with Crippen LogP contribution in [-0.4, -0.2) is 94.8 Å². The van der Waals surface area contributed by atoms with Crippen molar-refractivity contribution in [3.8, 4) is 0 Å². The molecule has 0 aliphatic rings. The monoisotopic (exact) mass is 513 g/mol. The van der Waals surface area contributed by atoms with Crippen LogP contribution in [0.1, 0.15) is 20.3 Å². The molecule has 0 aromatic rings. The highest BCUT2D eigenvalue weighted by Crippen LogP contribution is 2.23. The number of Topliss-reactive ketones (excluding diaryl/α,β-unsaturated/α-hetero) is 1. The number of hydrogen-bond acceptors (Lipinski definition) is 11. The van der Waals surface area contributed by atoms with Gasteiger partial charge in [0.15, 0.2) is 5.78 Å². The highest BCUT2D eigenvalue weighted by molar-refractivity contribution is 8.76. The third-order valence-corrected chi connectivity index (χ3v) is 7.01. The lowest BCUT2D eigenvalue weighted by molar-refractivity contribution is -0.139. The molecule has 3 amide bonds. The van der Waals surface area contributed by atoms with Crippen LogP contribution in [0, 0.1) is 0 Å². The third-order valence-electron chi connectivity index (χ3n) is 4.07. The number of carboxylic acid groups (broad SMARTS) is 1. The summed E-state index contributed by atoms with van der Waals surface area (Å²) in [7, 11) is 4.05. The zero-order valence-electron chi connectivity index (χ0n) is 18.2. The number of ketones is 1. The van der Waals surface area contributed by atoms with Gasteiger partial charge < -0.3 is 31.9 Å². The molecule has 0 heterocycles. The van der Waals surface area contributed by atoms with Crippen LogP contribution in [-0.2, 0) is 24.0 Å². The normalized spacial score (nSPS) is 15.7. The SMILES string of the molecule is CN[C@@H](CSSC[C@H](NC(=O)[C@H](CC(=O)O)NSC)C(C)=O)C(=O)N[C@H](C(N)=O)[C@@H](C)O. The van der Waals surface area contributed by atoms with Crippen molar-refractivity contribution >= 4 is 63.0 Å². The molecule has 0 fully saturated rings. The Morgan fingerprint density at radius 1 is 0.969 bits per heavy atom. The molecule has 0 aromatic carbocycles. The zero-order valence-corrected chi connectivity index (χ0v) is 20.7. The van der Waals surface area contributed by atoms with E-state index < -0.39 is 60.4 Å². The van der Waals surface area contributed by atoms with Gasteiger partial charge in [0.05, 0.1) is 24.6 Å². The van der Waals surface area contributed by atoms with Crippen LogP contribution < -0.4 is 26.4 Å². The van der Waals surface area contributed by atoms with Crippen molar-refractivity contribution in [1.82, 2.24) is 20.7 Å². The Bertz CT molecular complexity index is 668. The van der Waals surface area contributed by atoms with E-state index in [1.54, 1.807) is 13.3 Å². The number of carboxylic acids is 1. The van der Waals surface area contributed by atoms with E-state index in [-0.39, 0.29) is 17.3 Å². The van der Waals surface area contributed by atoms with Crippen LogP contribution in [0.3, 0.4) is 0 Å². The van der Waals surface area contributed by atoms with Crippen molar-refractivity contribution in [2.45, 2.75) is 50.5 Å². The fourth-order valence-electron chi connectivity index (χ4n) is 2.24. The van der Waals surface area contributed by atoms with Crippen molar-refractivity contribution < 1.29 is 34.2 Å². The van der Waals surface area contributed by atoms with Gasteiger partial charge in [-0.25, -0.2) is 0 Å². The molecule has 0 bridgehead atoms. The Morgan fingerprint density at radius 3 is 1.91 bits per heavy atom. The van der Waals surface area contributed by atoms with Crippen LogP contribution in [0.2, 0.25) is 0 Å². The third kappa shape index (κ3) is 11.9. The summed E-state index contributed by atoms with van der Waals surface area (Å²) in [4.78, 5) is 58.8. The van der Waals surface area contributed by atoms with E-state index in [0.717, 1.165) is 11.9 Å². The first-order valence-corrected chi connectivity index (χ1v) is 13.2. The van der Waals surface area contributed by atoms with Gasteiger partial charge in [0.1, 0.15) is 12.1 Å². The number of likely N-dealkylation sites (N-methyl/N-ethyl adjacent to an activating group) is 1. The van der Waals surface area contributed by atoms with Crippen LogP contribution in [0.25, 0.3) is 0 Å². The first kappa shape index (κ1) is 30.5. The lowest BCUT2D eigenvalue weighted by Gasteiger charge is -2.22. The Labute approximate surface area is 198 Å². The molecule has 8 N–H and O–H groups in total. The number of hydrogen-bond donors (Lipinski definition) is 7. The molecule has 0 rings (SSSR count). The van der Waals surface area contributed by atoms with Crippen molar-refractivity contribution in [3.05, 3.63) is 0 Å². The number of aliphatic carboxylic acids is 1. The van der Waals surface area contributed by atoms with E-state index in [1.807, 2.05) is 0 Å². The lowest BCUT2D eigenvalue weighted by Crippen LogP contribution is -2.55. The van der Waals surface area contributed by atoms with Crippen molar-refractivity contribution in [2.24, 2.45) is 5.73 Å². The molecule has 0 aromatic heterocycles. The van der Waals surface area contributed by atoms with Gasteiger partial charge in [-0.05, 0) is 27.2 Å². The van der Waals surface area contributed by atoms with Gasteiger partial charge in [-0.3, -0.25) is 28.7 Å². The Hall–Kier alpha value is -1.52. The zero-order chi connectivity index (χ0) is 24.8. The number of aliphatic hydroxyl groups is 1. The van der Waals surface area contributed by atoms with Gasteiger partial charge in [0, 0.05) is 11.5 Å². The standard InChI is InChI=1S/C17H31N5O7S3/c1-8(23)11(20-16(28)10(22-30-4)5-13(25)26)6-31-32-7-12(19-3)17(29)21-14(9(2)24)15(18)27/h9-12,14,19,22,24H,5-7H2,1-4H3,(H2,18,27)(H,20,28)(H,21,29)(H,25,26)/t9-,10+,11+,12+,14+/m1/s1. The van der Waals surface area contributed by atoms with Crippen LogP contribution >= 0.6 is 33.5 Å². The van der Waals surface area contributed by atoms with E-state index in [1.165, 1.54) is 35.4 Å². The number of primary amides is 1. The smallest absolute Gasteiger partial charge is 0.305 e. The Balaban J connectivity index is 4.75. The van der Waals surface area contributed by atoms with E-state index >= 15 is 0 Å². The largest absolute Gasteiger partial charge is 0.481 e. The topological polar surface area (TPSA) is 200 Å². The van der Waals surface area contributed by atoms with Crippen LogP contribution in [0.15, 0.2) is 0 Å². The van der Waals surface area contributed by atoms with E-state index in [9.17, 15) is 29.1 Å². The molecule has 0 saturated carbocycles. The van der Waals surface area contributed by atoms with Crippen molar-refractivity contribution in [1.29, 1.82) is 0 Å². The number of aliphatic hydroxyl groups excluding tert-OH is 1. The minimum absolute atomic E-state index is 0.195. The fourth-order valence-corrected chi connectivity index (χ4v) is 5.21. The van der Waals surface area contributed by atoms with Crippen LogP contribution in [0.5, 0.6) is 0 Å². The number of carbonyl (C=O) groups excluding carboxylic acids is 4. The molecule has 0 saturated heterocycles. The van der Waals surface area contributed by atoms with Crippen molar-refractivity contribution in [2.75, 3.05) is 24.8 Å². The lowest BCUT2D eigenvalue weighted by atomic mass is 10.1. The number of rotatable bonds is 17. The van der Waals surface area contributed by atoms with Crippen LogP contribution in [0.4, 0.5) is 0 Å². The van der Waals surface area contributed by atoms with E-state index in [4.69, 9.17) is 10.8 Å². The van der Waals surface area contributed by atoms with Gasteiger partial charge >= 0.3 is 5.97 Å². The van der Waals surface area contributed by atoms with Gasteiger partial charge in [0.25, 0.3) is 0 Å². The maximum atomic E-state index is 12.3. The summed E-state index contributed by atoms with van der Waals surface area (Å²) in [5.41, 5.74) is 5.17. The maximum absolute atomic E-state index is 12.3. The molecule has 0 aliphatic heterocycles. The number of nitrogens with one attached hydrogen (secondary N) is 4. The molecule has 0 spiro atoms. The van der Waals surface area contributed by atoms with Gasteiger partial charge in [-0.2, -0.15) is 0 Å². The summed E-state index contributed by atoms with van der Waals surface area (Å²) < 4.78 is 2.69. The first-order valence-electron chi connectivity index (χ1n) is 9.45. The Morgan fingerprint density at radius 2 is 1.50 bits per heavy atom. The summed E-state index contributed by atoms with van der Waals surface area (Å²) in [6.45, 7) is 2.65. The van der Waals surface area contributed by atoms with Gasteiger partial charge in [0.2, 0.25) is 17.7 Å². The second-order valence-corrected chi connectivity index (χ2v) is 9.88. The highest BCUT2D eigenvalue weighted by atomic mass is 33.1. The average Bonchev–Trinajstić information content (AvgIpc) is 2.69. The molecular formula is C17H31N5O7S3. The minimum Gasteiger partial charge on any atom is -0.481 e. The quantitative estimate of drug-likeness (QED) is 0.0647. The summed E-state index contributed by atoms with van der Waals surface area (Å²) >= 11 is 1.10. The summed E-state index contributed by atoms with van der Waals surface area (Å²) in [5, 5.41) is 26.2. The number of carbonyl (C=O) groups is 5. The summed E-state index contributed by atoms with van der Waals surface area (Å²) in [5.74, 6) is -2.98. The molecular weight excluding hydrogens is 482 g/mol. The predicted octanol–water partition coefficient (Wildman–Crippen LogP) is -1.91. The van der Waals surface area contributed by atoms with Crippen molar-refractivity contribution in [3.63, 3.8) is 0 Å². The molecule has 0 aliphatic carbocycles. The van der Waals surface area contributed by atoms with Gasteiger partial charge in [-0.1, -0.05) is 33.5 Å². The number of amides is 3. The minimum atomic E-state index is -1.22. The molecule has 15 heteroatoms. The molecule has 12 nitrogen and oxygen atoms in total. The van der Waals surface area contributed by atoms with Gasteiger partial charge in [-0.15, -0.1) is 0 Å². The number of nitrogens with two attached hydrogens (primary N) is 1. The first-order chi connectivity index (χ1) is 14.9. The molecule has 0 radical (unpaired) electrons. The predicted molar refractivity (Wildman–Crippen MR) is 126 cm³/mol. The average molecular weight is 514 g/mol. The molecule has 32 heavy (non-hydrogen) atoms. The van der Waals surface area contributed by atoms with E-state index in [0.29, 0.717) is 0 Å². The molecule has 0 unspecified atom stereocenters.